The first-order valence-corrected chi connectivity index (χ1v) is 4.09. The lowest BCUT2D eigenvalue weighted by Gasteiger charge is -2.18. The van der Waals surface area contributed by atoms with E-state index in [0.29, 0.717) is 6.42 Å². The van der Waals surface area contributed by atoms with E-state index in [9.17, 15) is 4.39 Å². The third kappa shape index (κ3) is 1.37. The average molecular weight is 183 g/mol. The molecule has 0 radical (unpaired) electrons. The number of aliphatic hydroxyl groups excluding tert-OH is 1. The number of halogens is 2. The van der Waals surface area contributed by atoms with Crippen molar-refractivity contribution in [3.8, 4) is 0 Å². The van der Waals surface area contributed by atoms with E-state index in [-0.39, 0.29) is 6.10 Å². The van der Waals surface area contributed by atoms with Crippen molar-refractivity contribution in [2.45, 2.75) is 37.8 Å². The van der Waals surface area contributed by atoms with Crippen molar-refractivity contribution in [3.63, 3.8) is 0 Å². The van der Waals surface area contributed by atoms with E-state index < -0.39 is 17.3 Å². The van der Waals surface area contributed by atoms with Crippen molar-refractivity contribution in [2.24, 2.45) is 5.92 Å². The molecule has 4 heteroatoms. The third-order valence-electron chi connectivity index (χ3n) is 2.20. The van der Waals surface area contributed by atoms with E-state index in [1.54, 1.807) is 6.92 Å². The molecule has 0 aromatic heterocycles. The first kappa shape index (κ1) is 9.23. The smallest absolute Gasteiger partial charge is 0.238 e. The number of alkyl halides is 2. The van der Waals surface area contributed by atoms with Crippen molar-refractivity contribution in [2.75, 3.05) is 0 Å². The summed E-state index contributed by atoms with van der Waals surface area (Å²) in [4.78, 5) is 0. The molecule has 0 spiro atoms. The summed E-state index contributed by atoms with van der Waals surface area (Å²) in [6.07, 6.45) is -1.09. The Morgan fingerprint density at radius 3 is 2.45 bits per heavy atom. The van der Waals surface area contributed by atoms with Crippen LogP contribution in [0.15, 0.2) is 0 Å². The van der Waals surface area contributed by atoms with Crippen molar-refractivity contribution < 1.29 is 14.2 Å². The van der Waals surface area contributed by atoms with E-state index in [4.69, 9.17) is 21.4 Å². The van der Waals surface area contributed by atoms with Crippen LogP contribution in [0.4, 0.5) is 4.39 Å². The number of aliphatic hydroxyl groups is 1. The van der Waals surface area contributed by atoms with Gasteiger partial charge in [0.1, 0.15) is 0 Å². The quantitative estimate of drug-likeness (QED) is 0.625. The standard InChI is InChI=1S/C7H12ClFO2/c1-3-5-4(2)7(8,9)6(10)11-5/h4-6,10H,3H2,1-2H3/t4-,5+,6?,7?/m0/s1. The molecule has 2 nitrogen and oxygen atoms in total. The molecule has 2 unspecified atom stereocenters. The average Bonchev–Trinajstić information content (AvgIpc) is 2.14. The van der Waals surface area contributed by atoms with Gasteiger partial charge in [0.15, 0.2) is 0 Å². The number of hydrogen-bond donors (Lipinski definition) is 1. The summed E-state index contributed by atoms with van der Waals surface area (Å²) < 4.78 is 18.1. The predicted octanol–water partition coefficient (Wildman–Crippen LogP) is 1.65. The molecule has 1 N–H and O–H groups in total. The van der Waals surface area contributed by atoms with Crippen LogP contribution < -0.4 is 0 Å². The summed E-state index contributed by atoms with van der Waals surface area (Å²) in [6, 6.07) is 0. The first-order valence-electron chi connectivity index (χ1n) is 3.71. The molecule has 0 aliphatic carbocycles. The highest BCUT2D eigenvalue weighted by atomic mass is 35.5. The molecule has 11 heavy (non-hydrogen) atoms. The van der Waals surface area contributed by atoms with Gasteiger partial charge in [-0.2, -0.15) is 0 Å². The minimum atomic E-state index is -2.11. The van der Waals surface area contributed by atoms with Crippen LogP contribution in [-0.2, 0) is 4.74 Å². The number of ether oxygens (including phenoxy) is 1. The van der Waals surface area contributed by atoms with Gasteiger partial charge < -0.3 is 9.84 Å². The van der Waals surface area contributed by atoms with Gasteiger partial charge in [0.25, 0.3) is 0 Å². The molecule has 0 bridgehead atoms. The van der Waals surface area contributed by atoms with Crippen molar-refractivity contribution >= 4 is 11.6 Å². The highest BCUT2D eigenvalue weighted by Crippen LogP contribution is 2.42. The lowest BCUT2D eigenvalue weighted by molar-refractivity contribution is -0.121. The fourth-order valence-corrected chi connectivity index (χ4v) is 1.49. The zero-order valence-corrected chi connectivity index (χ0v) is 7.31. The molecule has 66 valence electrons. The fraction of sp³-hybridized carbons (Fsp3) is 1.00. The van der Waals surface area contributed by atoms with Gasteiger partial charge in [-0.3, -0.25) is 0 Å². The van der Waals surface area contributed by atoms with Gasteiger partial charge in [0.05, 0.1) is 6.10 Å². The van der Waals surface area contributed by atoms with Gasteiger partial charge in [-0.25, -0.2) is 4.39 Å². The van der Waals surface area contributed by atoms with Gasteiger partial charge in [0, 0.05) is 5.92 Å². The highest BCUT2D eigenvalue weighted by Gasteiger charge is 2.53. The Bertz CT molecular complexity index is 151. The normalized spacial score (nSPS) is 51.5. The number of rotatable bonds is 1. The Hall–Kier alpha value is 0.140. The molecule has 0 amide bonds. The molecule has 0 aromatic rings. The summed E-state index contributed by atoms with van der Waals surface area (Å²) >= 11 is 5.40. The minimum absolute atomic E-state index is 0.271. The van der Waals surface area contributed by atoms with Crippen LogP contribution in [0, 0.1) is 5.92 Å². The topological polar surface area (TPSA) is 29.5 Å². The monoisotopic (exact) mass is 182 g/mol. The zero-order chi connectivity index (χ0) is 8.65. The second-order valence-corrected chi connectivity index (χ2v) is 3.48. The third-order valence-corrected chi connectivity index (χ3v) is 2.73. The molecule has 1 aliphatic heterocycles. The Morgan fingerprint density at radius 2 is 2.27 bits per heavy atom. The van der Waals surface area contributed by atoms with Gasteiger partial charge in [0.2, 0.25) is 11.4 Å². The molecule has 0 saturated carbocycles. The predicted molar refractivity (Wildman–Crippen MR) is 40.0 cm³/mol. The maximum atomic E-state index is 13.2. The maximum Gasteiger partial charge on any atom is 0.238 e. The molecule has 0 aromatic carbocycles. The van der Waals surface area contributed by atoms with Crippen molar-refractivity contribution in [3.05, 3.63) is 0 Å². The SMILES string of the molecule is CC[C@H]1OC(O)C(F)(Cl)[C@H]1C. The van der Waals surface area contributed by atoms with Crippen LogP contribution in [0.1, 0.15) is 20.3 Å². The van der Waals surface area contributed by atoms with Crippen molar-refractivity contribution in [1.29, 1.82) is 0 Å². The molecule has 1 rings (SSSR count). The largest absolute Gasteiger partial charge is 0.364 e. The Balaban J connectivity index is 2.71. The molecular weight excluding hydrogens is 171 g/mol. The Labute approximate surface area is 70.3 Å². The highest BCUT2D eigenvalue weighted by molar-refractivity contribution is 6.23. The van der Waals surface area contributed by atoms with E-state index in [2.05, 4.69) is 0 Å². The number of hydrogen-bond acceptors (Lipinski definition) is 2. The molecule has 1 saturated heterocycles. The Morgan fingerprint density at radius 1 is 1.73 bits per heavy atom. The first-order chi connectivity index (χ1) is 5.00. The molecule has 1 fully saturated rings. The van der Waals surface area contributed by atoms with Crippen LogP contribution in [-0.4, -0.2) is 22.6 Å². The summed E-state index contributed by atoms with van der Waals surface area (Å²) in [5.41, 5.74) is 0. The second-order valence-electron chi connectivity index (χ2n) is 2.90. The van der Waals surface area contributed by atoms with Gasteiger partial charge in [-0.05, 0) is 6.42 Å². The lowest BCUT2D eigenvalue weighted by Crippen LogP contribution is -2.32. The zero-order valence-electron chi connectivity index (χ0n) is 6.55. The molecule has 1 aliphatic rings. The van der Waals surface area contributed by atoms with E-state index >= 15 is 0 Å². The molecule has 4 atom stereocenters. The van der Waals surface area contributed by atoms with Crippen LogP contribution in [0.3, 0.4) is 0 Å². The summed E-state index contributed by atoms with van der Waals surface area (Å²) in [5.74, 6) is -0.454. The van der Waals surface area contributed by atoms with E-state index in [1.165, 1.54) is 0 Å². The van der Waals surface area contributed by atoms with E-state index in [1.807, 2.05) is 6.92 Å². The summed E-state index contributed by atoms with van der Waals surface area (Å²) in [7, 11) is 0. The van der Waals surface area contributed by atoms with Crippen molar-refractivity contribution in [1.82, 2.24) is 0 Å². The van der Waals surface area contributed by atoms with Crippen LogP contribution in [0.5, 0.6) is 0 Å². The van der Waals surface area contributed by atoms with Gasteiger partial charge in [-0.15, -0.1) is 0 Å². The van der Waals surface area contributed by atoms with Crippen LogP contribution in [0.2, 0.25) is 0 Å². The molecule has 1 heterocycles. The van der Waals surface area contributed by atoms with Gasteiger partial charge in [-0.1, -0.05) is 25.4 Å². The summed E-state index contributed by atoms with van der Waals surface area (Å²) in [6.45, 7) is 3.50. The second kappa shape index (κ2) is 2.88. The maximum absolute atomic E-state index is 13.2. The van der Waals surface area contributed by atoms with Crippen LogP contribution >= 0.6 is 11.6 Å². The lowest BCUT2D eigenvalue weighted by atomic mass is 10.00. The summed E-state index contributed by atoms with van der Waals surface area (Å²) in [5, 5.41) is 6.89. The molecular formula is C7H12ClFO2. The van der Waals surface area contributed by atoms with Crippen LogP contribution in [0.25, 0.3) is 0 Å². The minimum Gasteiger partial charge on any atom is -0.364 e. The fourth-order valence-electron chi connectivity index (χ4n) is 1.30. The van der Waals surface area contributed by atoms with E-state index in [0.717, 1.165) is 0 Å². The Kier molecular flexibility index (Phi) is 2.42. The van der Waals surface area contributed by atoms with Gasteiger partial charge >= 0.3 is 0 Å².